The number of allylic oxidation sites excluding steroid dienone is 3. The van der Waals surface area contributed by atoms with Gasteiger partial charge in [0.15, 0.2) is 0 Å². The number of aliphatic imine (C=N–C) groups is 1. The van der Waals surface area contributed by atoms with Gasteiger partial charge in [0.1, 0.15) is 0 Å². The quantitative estimate of drug-likeness (QED) is 0.277. The predicted octanol–water partition coefficient (Wildman–Crippen LogP) is 3.32. The van der Waals surface area contributed by atoms with E-state index in [-0.39, 0.29) is 42.5 Å². The van der Waals surface area contributed by atoms with Crippen LogP contribution in [0.5, 0.6) is 0 Å². The second kappa shape index (κ2) is 13.8. The number of aromatic amines is 2. The number of methoxy groups -OCH3 is 2. The van der Waals surface area contributed by atoms with Gasteiger partial charge in [0, 0.05) is 46.2 Å². The molecular weight excluding hydrogens is 573 g/mol. The van der Waals surface area contributed by atoms with E-state index in [0.717, 1.165) is 61.2 Å². The molecule has 2 aliphatic heterocycles. The van der Waals surface area contributed by atoms with Crippen molar-refractivity contribution in [1.82, 2.24) is 15.3 Å². The molecule has 0 saturated carbocycles. The van der Waals surface area contributed by atoms with E-state index in [1.807, 2.05) is 58.9 Å². The highest BCUT2D eigenvalue weighted by Gasteiger charge is 2.29. The molecule has 1 atom stereocenters. The number of amides is 2. The second-order valence-corrected chi connectivity index (χ2v) is 11.1. The Morgan fingerprint density at radius 2 is 1.53 bits per heavy atom. The first-order chi connectivity index (χ1) is 21.4. The van der Waals surface area contributed by atoms with E-state index in [9.17, 15) is 19.2 Å². The molecule has 2 aromatic heterocycles. The Morgan fingerprint density at radius 3 is 2.11 bits per heavy atom. The molecule has 45 heavy (non-hydrogen) atoms. The van der Waals surface area contributed by atoms with Crippen LogP contribution in [-0.2, 0) is 41.5 Å². The van der Waals surface area contributed by atoms with Gasteiger partial charge in [-0.2, -0.15) is 0 Å². The summed E-state index contributed by atoms with van der Waals surface area (Å²) in [6.45, 7) is 13.3. The van der Waals surface area contributed by atoms with Crippen LogP contribution in [0.1, 0.15) is 67.3 Å². The summed E-state index contributed by atoms with van der Waals surface area (Å²) in [6, 6.07) is 0. The lowest BCUT2D eigenvalue weighted by Crippen LogP contribution is -2.16. The van der Waals surface area contributed by atoms with E-state index >= 15 is 0 Å². The maximum Gasteiger partial charge on any atom is 0.305 e. The number of carbonyl (C=O) groups is 4. The second-order valence-electron chi connectivity index (χ2n) is 11.1. The van der Waals surface area contributed by atoms with E-state index in [4.69, 9.17) is 9.47 Å². The van der Waals surface area contributed by atoms with Crippen molar-refractivity contribution in [3.8, 4) is 0 Å². The first-order valence-corrected chi connectivity index (χ1v) is 14.9. The van der Waals surface area contributed by atoms with Crippen LogP contribution in [0.15, 0.2) is 46.1 Å². The Kier molecular flexibility index (Phi) is 10.1. The Morgan fingerprint density at radius 1 is 0.889 bits per heavy atom. The molecule has 236 valence electrons. The minimum absolute atomic E-state index is 0.0593. The number of nitrogens with zero attached hydrogens (tertiary/aromatic N) is 1. The van der Waals surface area contributed by atoms with Gasteiger partial charge in [-0.3, -0.25) is 19.2 Å². The molecule has 0 unspecified atom stereocenters. The molecule has 3 N–H and O–H groups in total. The molecule has 2 aromatic rings. The molecule has 2 amide bonds. The zero-order chi connectivity index (χ0) is 33.0. The van der Waals surface area contributed by atoms with Gasteiger partial charge in [-0.25, -0.2) is 4.99 Å². The summed E-state index contributed by atoms with van der Waals surface area (Å²) in [5, 5.41) is 4.48. The zero-order valence-corrected chi connectivity index (χ0v) is 26.9. The van der Waals surface area contributed by atoms with Crippen molar-refractivity contribution in [1.29, 1.82) is 0 Å². The maximum absolute atomic E-state index is 12.4. The number of rotatable bonds is 10. The van der Waals surface area contributed by atoms with Crippen molar-refractivity contribution >= 4 is 47.7 Å². The van der Waals surface area contributed by atoms with Gasteiger partial charge in [-0.15, -0.1) is 0 Å². The summed E-state index contributed by atoms with van der Waals surface area (Å²) in [5.41, 5.74) is 8.63. The van der Waals surface area contributed by atoms with Crippen molar-refractivity contribution in [3.63, 3.8) is 0 Å². The Hall–Kier alpha value is -4.99. The minimum atomic E-state index is -0.330. The summed E-state index contributed by atoms with van der Waals surface area (Å²) >= 11 is 0. The first-order valence-electron chi connectivity index (χ1n) is 14.9. The monoisotopic (exact) mass is 613 g/mol. The maximum atomic E-state index is 12.4. The molecule has 0 spiro atoms. The highest BCUT2D eigenvalue weighted by molar-refractivity contribution is 6.31. The fourth-order valence-corrected chi connectivity index (χ4v) is 5.77. The van der Waals surface area contributed by atoms with E-state index in [1.54, 1.807) is 0 Å². The van der Waals surface area contributed by atoms with Gasteiger partial charge in [0.2, 0.25) is 5.91 Å². The highest BCUT2D eigenvalue weighted by Crippen LogP contribution is 2.29. The minimum Gasteiger partial charge on any atom is -0.469 e. The molecular formula is C35H40N4O6. The van der Waals surface area contributed by atoms with Crippen LogP contribution in [0.2, 0.25) is 0 Å². The molecule has 0 bridgehead atoms. The summed E-state index contributed by atoms with van der Waals surface area (Å²) in [7, 11) is 2.72. The molecule has 10 heteroatoms. The molecule has 4 rings (SSSR count). The van der Waals surface area contributed by atoms with Crippen molar-refractivity contribution in [2.75, 3.05) is 14.2 Å². The van der Waals surface area contributed by atoms with Gasteiger partial charge in [-0.05, 0) is 99.1 Å². The highest BCUT2D eigenvalue weighted by atomic mass is 16.5. The van der Waals surface area contributed by atoms with Gasteiger partial charge < -0.3 is 24.8 Å². The van der Waals surface area contributed by atoms with Crippen LogP contribution in [-0.4, -0.2) is 53.7 Å². The molecule has 0 radical (unpaired) electrons. The molecule has 1 saturated heterocycles. The van der Waals surface area contributed by atoms with Gasteiger partial charge in [0.05, 0.1) is 25.8 Å². The summed E-state index contributed by atoms with van der Waals surface area (Å²) in [4.78, 5) is 60.2. The number of H-pyrrole nitrogens is 2. The number of aromatic nitrogens is 2. The lowest BCUT2D eigenvalue weighted by atomic mass is 10.0. The van der Waals surface area contributed by atoms with Crippen LogP contribution >= 0.6 is 0 Å². The molecule has 0 aliphatic carbocycles. The third kappa shape index (κ3) is 6.74. The van der Waals surface area contributed by atoms with Crippen molar-refractivity contribution in [2.24, 2.45) is 10.9 Å². The van der Waals surface area contributed by atoms with Crippen LogP contribution < -0.4 is 16.0 Å². The summed E-state index contributed by atoms with van der Waals surface area (Å²) in [5.74, 6) is -1.30. The largest absolute Gasteiger partial charge is 0.469 e. The van der Waals surface area contributed by atoms with Gasteiger partial charge in [-0.1, -0.05) is 18.7 Å². The predicted molar refractivity (Wildman–Crippen MR) is 173 cm³/mol. The molecule has 0 aromatic carbocycles. The molecule has 4 heterocycles. The molecule has 1 fully saturated rings. The van der Waals surface area contributed by atoms with E-state index in [1.165, 1.54) is 20.3 Å². The number of hydrogen-bond acceptors (Lipinski definition) is 6. The number of carbonyl (C=O) groups excluding carboxylic acids is 4. The lowest BCUT2D eigenvalue weighted by molar-refractivity contribution is -0.141. The van der Waals surface area contributed by atoms with E-state index in [2.05, 4.69) is 26.9 Å². The van der Waals surface area contributed by atoms with Crippen LogP contribution in [0.25, 0.3) is 18.2 Å². The van der Waals surface area contributed by atoms with E-state index in [0.29, 0.717) is 24.1 Å². The first kappa shape index (κ1) is 32.9. The Balaban J connectivity index is 1.91. The van der Waals surface area contributed by atoms with Crippen LogP contribution in [0.4, 0.5) is 0 Å². The van der Waals surface area contributed by atoms with Crippen molar-refractivity contribution < 1.29 is 28.7 Å². The standard InChI is InChI=1S/C35H40N4O6/c1-9-22-21(6)34(42)39-29(22)16-27-20(5)25(12-14-33(41)45-8)31(37-27)17-30-24(11-13-32(40)44-7)19(4)26(36-30)15-28-18(3)23(10-2)35(43)38-28/h9-10,15-17,21,36-37H,2,11-14H2,1,3-8H3,(H,39,42)/b22-9+,26-15+,29-16+,30-17-/t21-/m0/s1/i17+1. The fraction of sp³-hybridized carbons (Fsp3) is 0.343. The molecule has 10 nitrogen and oxygen atoms in total. The fourth-order valence-electron chi connectivity index (χ4n) is 5.77. The number of esters is 2. The SMILES string of the molecule is C=CC1=C(C)C(/C=c2/[nH]/c(=[13CH]\c3[nH]c(/C=C4/NC(=O)[C@@H](C)/C4=C\C)c(C)c3CCC(=O)OC)c(CCC(=O)OC)c2C)=NC1=O. The molecule has 2 aliphatic rings. The lowest BCUT2D eigenvalue weighted by Gasteiger charge is -2.04. The Bertz CT molecular complexity index is 1840. The van der Waals surface area contributed by atoms with Gasteiger partial charge in [0.25, 0.3) is 5.91 Å². The average Bonchev–Trinajstić information content (AvgIpc) is 3.66. The van der Waals surface area contributed by atoms with Gasteiger partial charge >= 0.3 is 11.9 Å². The topological polar surface area (TPSA) is 143 Å². The number of ether oxygens (including phenoxy) is 2. The summed E-state index contributed by atoms with van der Waals surface area (Å²) in [6.07, 6.45) is 10.4. The smallest absolute Gasteiger partial charge is 0.305 e. The summed E-state index contributed by atoms with van der Waals surface area (Å²) < 4.78 is 9.81. The third-order valence-corrected chi connectivity index (χ3v) is 8.56. The average molecular weight is 614 g/mol. The Labute approximate surface area is 262 Å². The van der Waals surface area contributed by atoms with Crippen LogP contribution in [0.3, 0.4) is 0 Å². The van der Waals surface area contributed by atoms with Crippen LogP contribution in [0, 0.1) is 19.8 Å². The zero-order valence-electron chi connectivity index (χ0n) is 26.9. The van der Waals surface area contributed by atoms with E-state index < -0.39 is 0 Å². The van der Waals surface area contributed by atoms with Crippen molar-refractivity contribution in [2.45, 2.75) is 60.3 Å². The third-order valence-electron chi connectivity index (χ3n) is 8.56. The van der Waals surface area contributed by atoms with Crippen molar-refractivity contribution in [3.05, 3.63) is 85.5 Å². The number of nitrogens with one attached hydrogen (secondary N) is 3. The normalized spacial score (nSPS) is 19.2. The number of hydrogen-bond donors (Lipinski definition) is 3.